The third-order valence-electron chi connectivity index (χ3n) is 3.09. The van der Waals surface area contributed by atoms with E-state index in [1.54, 1.807) is 6.20 Å². The van der Waals surface area contributed by atoms with Crippen molar-refractivity contribution in [1.29, 1.82) is 5.41 Å². The average molecular weight is 305 g/mol. The molecule has 0 amide bonds. The molecule has 2 N–H and O–H groups in total. The SMILES string of the molecule is N=c1c(-c2ccc(Br)cc2)cnc2n1CCCN2. The predicted octanol–water partition coefficient (Wildman–Crippen LogP) is 2.61. The van der Waals surface area contributed by atoms with Gasteiger partial charge in [-0.05, 0) is 24.1 Å². The van der Waals surface area contributed by atoms with E-state index in [9.17, 15) is 0 Å². The van der Waals surface area contributed by atoms with Gasteiger partial charge in [-0.1, -0.05) is 28.1 Å². The zero-order valence-electron chi connectivity index (χ0n) is 9.78. The van der Waals surface area contributed by atoms with Gasteiger partial charge in [0.25, 0.3) is 0 Å². The minimum Gasteiger partial charge on any atom is -0.356 e. The molecule has 0 aliphatic carbocycles. The van der Waals surface area contributed by atoms with Crippen molar-refractivity contribution < 1.29 is 0 Å². The zero-order chi connectivity index (χ0) is 12.5. The monoisotopic (exact) mass is 304 g/mol. The van der Waals surface area contributed by atoms with Crippen LogP contribution < -0.4 is 10.8 Å². The van der Waals surface area contributed by atoms with E-state index < -0.39 is 0 Å². The van der Waals surface area contributed by atoms with Crippen LogP contribution in [0.25, 0.3) is 11.1 Å². The van der Waals surface area contributed by atoms with Crippen LogP contribution in [0.2, 0.25) is 0 Å². The number of rotatable bonds is 1. The Morgan fingerprint density at radius 1 is 1.28 bits per heavy atom. The van der Waals surface area contributed by atoms with E-state index in [4.69, 9.17) is 5.41 Å². The van der Waals surface area contributed by atoms with Crippen molar-refractivity contribution in [2.24, 2.45) is 0 Å². The van der Waals surface area contributed by atoms with E-state index in [0.29, 0.717) is 5.49 Å². The summed E-state index contributed by atoms with van der Waals surface area (Å²) in [7, 11) is 0. The lowest BCUT2D eigenvalue weighted by Gasteiger charge is -2.20. The molecule has 0 radical (unpaired) electrons. The van der Waals surface area contributed by atoms with E-state index in [1.165, 1.54) is 0 Å². The predicted molar refractivity (Wildman–Crippen MR) is 74.3 cm³/mol. The molecule has 1 aromatic heterocycles. The van der Waals surface area contributed by atoms with Gasteiger partial charge in [0.05, 0.1) is 0 Å². The summed E-state index contributed by atoms with van der Waals surface area (Å²) < 4.78 is 2.97. The van der Waals surface area contributed by atoms with Gasteiger partial charge in [0.15, 0.2) is 0 Å². The minimum absolute atomic E-state index is 0.523. The molecule has 0 saturated carbocycles. The Morgan fingerprint density at radius 3 is 2.83 bits per heavy atom. The Labute approximate surface area is 113 Å². The summed E-state index contributed by atoms with van der Waals surface area (Å²) in [6.07, 6.45) is 2.81. The van der Waals surface area contributed by atoms with Crippen molar-refractivity contribution in [3.63, 3.8) is 0 Å². The quantitative estimate of drug-likeness (QED) is 0.851. The van der Waals surface area contributed by atoms with Crippen LogP contribution in [0.4, 0.5) is 5.95 Å². The molecule has 2 aromatic rings. The lowest BCUT2D eigenvalue weighted by atomic mass is 10.1. The standard InChI is InChI=1S/C13H13BrN4/c14-10-4-2-9(3-5-10)11-8-17-13-16-6-1-7-18(13)12(11)15/h2-5,8,15H,1,6-7H2,(H,16,17). The summed E-state index contributed by atoms with van der Waals surface area (Å²) in [4.78, 5) is 4.40. The molecule has 4 nitrogen and oxygen atoms in total. The molecular weight excluding hydrogens is 292 g/mol. The second-order valence-corrected chi connectivity index (χ2v) is 5.20. The van der Waals surface area contributed by atoms with E-state index in [2.05, 4.69) is 26.2 Å². The molecule has 0 saturated heterocycles. The van der Waals surface area contributed by atoms with Crippen LogP contribution in [0, 0.1) is 5.41 Å². The fourth-order valence-corrected chi connectivity index (χ4v) is 2.41. The Morgan fingerprint density at radius 2 is 2.06 bits per heavy atom. The maximum Gasteiger partial charge on any atom is 0.204 e. The molecule has 3 rings (SSSR count). The van der Waals surface area contributed by atoms with Gasteiger partial charge in [0.1, 0.15) is 5.49 Å². The van der Waals surface area contributed by atoms with Crippen LogP contribution in [-0.4, -0.2) is 16.1 Å². The molecule has 0 unspecified atom stereocenters. The number of anilines is 1. The summed E-state index contributed by atoms with van der Waals surface area (Å²) in [5, 5.41) is 11.5. The van der Waals surface area contributed by atoms with Crippen molar-refractivity contribution in [2.45, 2.75) is 13.0 Å². The van der Waals surface area contributed by atoms with Gasteiger partial charge in [-0.25, -0.2) is 4.98 Å². The van der Waals surface area contributed by atoms with Crippen molar-refractivity contribution >= 4 is 21.9 Å². The summed E-state index contributed by atoms with van der Waals surface area (Å²) in [5.41, 5.74) is 2.42. The third kappa shape index (κ3) is 1.95. The van der Waals surface area contributed by atoms with Gasteiger partial charge in [0, 0.05) is 29.3 Å². The number of hydrogen-bond acceptors (Lipinski definition) is 3. The molecular formula is C13H13BrN4. The van der Waals surface area contributed by atoms with Crippen molar-refractivity contribution in [1.82, 2.24) is 9.55 Å². The first-order chi connectivity index (χ1) is 8.75. The van der Waals surface area contributed by atoms with E-state index in [-0.39, 0.29) is 0 Å². The summed E-state index contributed by atoms with van der Waals surface area (Å²) in [5.74, 6) is 0.798. The number of halogens is 1. The summed E-state index contributed by atoms with van der Waals surface area (Å²) in [6.45, 7) is 1.79. The van der Waals surface area contributed by atoms with Crippen molar-refractivity contribution in [3.8, 4) is 11.1 Å². The average Bonchev–Trinajstić information content (AvgIpc) is 2.41. The number of hydrogen-bond donors (Lipinski definition) is 2. The van der Waals surface area contributed by atoms with Crippen molar-refractivity contribution in [2.75, 3.05) is 11.9 Å². The second-order valence-electron chi connectivity index (χ2n) is 4.28. The molecule has 0 bridgehead atoms. The highest BCUT2D eigenvalue weighted by Gasteiger charge is 2.12. The maximum absolute atomic E-state index is 8.29. The summed E-state index contributed by atoms with van der Waals surface area (Å²) >= 11 is 3.42. The van der Waals surface area contributed by atoms with Gasteiger partial charge < -0.3 is 5.32 Å². The molecule has 0 spiro atoms. The van der Waals surface area contributed by atoms with Crippen LogP contribution in [0.5, 0.6) is 0 Å². The minimum atomic E-state index is 0.523. The maximum atomic E-state index is 8.29. The number of nitrogens with zero attached hydrogens (tertiary/aromatic N) is 2. The van der Waals surface area contributed by atoms with Gasteiger partial charge in [-0.2, -0.15) is 0 Å². The fraction of sp³-hybridized carbons (Fsp3) is 0.231. The molecule has 1 aromatic carbocycles. The number of nitrogens with one attached hydrogen (secondary N) is 2. The summed E-state index contributed by atoms with van der Waals surface area (Å²) in [6, 6.07) is 7.97. The second kappa shape index (κ2) is 4.57. The Hall–Kier alpha value is -1.62. The number of benzene rings is 1. The lowest BCUT2D eigenvalue weighted by molar-refractivity contribution is 0.585. The van der Waals surface area contributed by atoms with Crippen LogP contribution in [0.3, 0.4) is 0 Å². The molecule has 0 fully saturated rings. The molecule has 92 valence electrons. The molecule has 2 heterocycles. The van der Waals surface area contributed by atoms with Crippen LogP contribution in [0.1, 0.15) is 6.42 Å². The van der Waals surface area contributed by atoms with Gasteiger partial charge in [0.2, 0.25) is 5.95 Å². The van der Waals surface area contributed by atoms with E-state index in [1.807, 2.05) is 28.8 Å². The van der Waals surface area contributed by atoms with Gasteiger partial charge in [-0.3, -0.25) is 9.98 Å². The normalized spacial score (nSPS) is 13.8. The molecule has 1 aliphatic rings. The van der Waals surface area contributed by atoms with E-state index >= 15 is 0 Å². The Kier molecular flexibility index (Phi) is 2.91. The highest BCUT2D eigenvalue weighted by molar-refractivity contribution is 9.10. The highest BCUT2D eigenvalue weighted by Crippen LogP contribution is 2.19. The van der Waals surface area contributed by atoms with Crippen LogP contribution in [-0.2, 0) is 6.54 Å². The molecule has 5 heteroatoms. The first kappa shape index (κ1) is 11.5. The third-order valence-corrected chi connectivity index (χ3v) is 3.62. The fourth-order valence-electron chi connectivity index (χ4n) is 2.14. The van der Waals surface area contributed by atoms with Crippen molar-refractivity contribution in [3.05, 3.63) is 40.4 Å². The van der Waals surface area contributed by atoms with Gasteiger partial charge in [-0.15, -0.1) is 0 Å². The van der Waals surface area contributed by atoms with Gasteiger partial charge >= 0.3 is 0 Å². The molecule has 0 atom stereocenters. The number of aromatic nitrogens is 2. The molecule has 18 heavy (non-hydrogen) atoms. The Bertz CT molecular complexity index is 630. The van der Waals surface area contributed by atoms with Crippen LogP contribution >= 0.6 is 15.9 Å². The zero-order valence-corrected chi connectivity index (χ0v) is 11.4. The first-order valence-corrected chi connectivity index (χ1v) is 6.69. The van der Waals surface area contributed by atoms with E-state index in [0.717, 1.165) is 41.1 Å². The number of fused-ring (bicyclic) bond motifs is 1. The highest BCUT2D eigenvalue weighted by atomic mass is 79.9. The smallest absolute Gasteiger partial charge is 0.204 e. The molecule has 1 aliphatic heterocycles. The Balaban J connectivity index is 2.13. The largest absolute Gasteiger partial charge is 0.356 e. The first-order valence-electron chi connectivity index (χ1n) is 5.90. The van der Waals surface area contributed by atoms with Crippen LogP contribution in [0.15, 0.2) is 34.9 Å². The topological polar surface area (TPSA) is 53.7 Å². The lowest BCUT2D eigenvalue weighted by Crippen LogP contribution is -2.30.